The highest BCUT2D eigenvalue weighted by atomic mass is 19.3. The second kappa shape index (κ2) is 5.92. The minimum atomic E-state index is -2.23. The molecule has 16 heavy (non-hydrogen) atoms. The molecule has 1 saturated heterocycles. The Balaban J connectivity index is 2.62. The van der Waals surface area contributed by atoms with E-state index in [2.05, 4.69) is 26.1 Å². The molecule has 1 rings (SSSR count). The van der Waals surface area contributed by atoms with Crippen molar-refractivity contribution in [2.24, 2.45) is 0 Å². The molecule has 0 aromatic rings. The van der Waals surface area contributed by atoms with Crippen molar-refractivity contribution in [3.63, 3.8) is 0 Å². The molecule has 1 aliphatic rings. The van der Waals surface area contributed by atoms with E-state index in [0.717, 1.165) is 32.4 Å². The first-order chi connectivity index (χ1) is 7.51. The number of nitrogens with one attached hydrogen (secondary N) is 1. The molecule has 96 valence electrons. The molecule has 1 N–H and O–H groups in total. The van der Waals surface area contributed by atoms with Gasteiger partial charge in [-0.2, -0.15) is 0 Å². The zero-order valence-corrected chi connectivity index (χ0v) is 10.6. The Morgan fingerprint density at radius 2 is 2.12 bits per heavy atom. The van der Waals surface area contributed by atoms with E-state index in [-0.39, 0.29) is 12.1 Å². The lowest BCUT2D eigenvalue weighted by Gasteiger charge is -2.47. The maximum absolute atomic E-state index is 12.5. The fourth-order valence-corrected chi connectivity index (χ4v) is 2.38. The minimum absolute atomic E-state index is 0.0910. The molecule has 1 heterocycles. The van der Waals surface area contributed by atoms with Gasteiger partial charge in [0.25, 0.3) is 6.43 Å². The molecule has 1 fully saturated rings. The van der Waals surface area contributed by atoms with Gasteiger partial charge >= 0.3 is 0 Å². The maximum Gasteiger partial charge on any atom is 0.251 e. The van der Waals surface area contributed by atoms with Crippen LogP contribution in [0.3, 0.4) is 0 Å². The molecule has 2 atom stereocenters. The first-order valence-corrected chi connectivity index (χ1v) is 6.28. The molecule has 0 spiro atoms. The van der Waals surface area contributed by atoms with Crippen molar-refractivity contribution in [1.29, 1.82) is 0 Å². The molecular formula is C12H24F2N2. The summed E-state index contributed by atoms with van der Waals surface area (Å²) in [5, 5.41) is 3.48. The van der Waals surface area contributed by atoms with Crippen molar-refractivity contribution >= 4 is 0 Å². The Kier molecular flexibility index (Phi) is 5.12. The van der Waals surface area contributed by atoms with Gasteiger partial charge in [0, 0.05) is 24.7 Å². The number of piperazine rings is 1. The van der Waals surface area contributed by atoms with Gasteiger partial charge < -0.3 is 5.32 Å². The second-order valence-electron chi connectivity index (χ2n) is 5.01. The Labute approximate surface area is 97.4 Å². The van der Waals surface area contributed by atoms with Crippen LogP contribution in [0.1, 0.15) is 40.0 Å². The first-order valence-electron chi connectivity index (χ1n) is 6.28. The molecule has 0 aromatic carbocycles. The summed E-state index contributed by atoms with van der Waals surface area (Å²) in [6.45, 7) is 7.76. The van der Waals surface area contributed by atoms with Crippen LogP contribution in [0.2, 0.25) is 0 Å². The lowest BCUT2D eigenvalue weighted by atomic mass is 9.91. The van der Waals surface area contributed by atoms with Gasteiger partial charge in [-0.1, -0.05) is 20.3 Å². The highest BCUT2D eigenvalue weighted by Gasteiger charge is 2.37. The van der Waals surface area contributed by atoms with Gasteiger partial charge in [-0.05, 0) is 19.8 Å². The van der Waals surface area contributed by atoms with Crippen molar-refractivity contribution < 1.29 is 8.78 Å². The lowest BCUT2D eigenvalue weighted by molar-refractivity contribution is -0.00451. The molecule has 0 bridgehead atoms. The normalized spacial score (nSPS) is 32.2. The molecule has 0 amide bonds. The zero-order chi connectivity index (χ0) is 12.2. The molecular weight excluding hydrogens is 210 g/mol. The SMILES string of the molecule is CCCC1CN(CC(F)F)C(C)(CC)CN1. The fraction of sp³-hybridized carbons (Fsp3) is 1.00. The largest absolute Gasteiger partial charge is 0.311 e. The van der Waals surface area contributed by atoms with Gasteiger partial charge in [-0.15, -0.1) is 0 Å². The van der Waals surface area contributed by atoms with E-state index in [0.29, 0.717) is 6.04 Å². The van der Waals surface area contributed by atoms with E-state index in [1.165, 1.54) is 0 Å². The van der Waals surface area contributed by atoms with Gasteiger partial charge in [-0.3, -0.25) is 4.90 Å². The molecule has 0 aliphatic carbocycles. The topological polar surface area (TPSA) is 15.3 Å². The van der Waals surface area contributed by atoms with E-state index in [9.17, 15) is 8.78 Å². The molecule has 2 unspecified atom stereocenters. The summed E-state index contributed by atoms with van der Waals surface area (Å²) in [5.74, 6) is 0. The van der Waals surface area contributed by atoms with Crippen molar-refractivity contribution in [1.82, 2.24) is 10.2 Å². The maximum atomic E-state index is 12.5. The molecule has 2 nitrogen and oxygen atoms in total. The van der Waals surface area contributed by atoms with E-state index in [4.69, 9.17) is 0 Å². The van der Waals surface area contributed by atoms with E-state index in [1.54, 1.807) is 0 Å². The number of hydrogen-bond acceptors (Lipinski definition) is 2. The van der Waals surface area contributed by atoms with Gasteiger partial charge in [0.1, 0.15) is 0 Å². The van der Waals surface area contributed by atoms with Gasteiger partial charge in [0.2, 0.25) is 0 Å². The number of nitrogens with zero attached hydrogens (tertiary/aromatic N) is 1. The van der Waals surface area contributed by atoms with Crippen LogP contribution in [0.25, 0.3) is 0 Å². The van der Waals surface area contributed by atoms with Crippen molar-refractivity contribution in [2.75, 3.05) is 19.6 Å². The number of halogens is 2. The third-order valence-corrected chi connectivity index (χ3v) is 3.73. The van der Waals surface area contributed by atoms with Crippen LogP contribution in [0.15, 0.2) is 0 Å². The van der Waals surface area contributed by atoms with E-state index >= 15 is 0 Å². The van der Waals surface area contributed by atoms with Gasteiger partial charge in [0.15, 0.2) is 0 Å². The molecule has 0 saturated carbocycles. The summed E-state index contributed by atoms with van der Waals surface area (Å²) in [7, 11) is 0. The van der Waals surface area contributed by atoms with Crippen LogP contribution in [-0.2, 0) is 0 Å². The van der Waals surface area contributed by atoms with Crippen LogP contribution < -0.4 is 5.32 Å². The summed E-state index contributed by atoms with van der Waals surface area (Å²) in [4.78, 5) is 1.97. The summed E-state index contributed by atoms with van der Waals surface area (Å²) < 4.78 is 25.1. The third-order valence-electron chi connectivity index (χ3n) is 3.73. The van der Waals surface area contributed by atoms with Crippen molar-refractivity contribution in [2.45, 2.75) is 58.0 Å². The average Bonchev–Trinajstić information content (AvgIpc) is 2.23. The number of hydrogen-bond donors (Lipinski definition) is 1. The Bertz CT molecular complexity index is 211. The predicted molar refractivity (Wildman–Crippen MR) is 63.0 cm³/mol. The van der Waals surface area contributed by atoms with Gasteiger partial charge in [-0.25, -0.2) is 8.78 Å². The highest BCUT2D eigenvalue weighted by molar-refractivity contribution is 4.95. The van der Waals surface area contributed by atoms with Crippen LogP contribution >= 0.6 is 0 Å². The fourth-order valence-electron chi connectivity index (χ4n) is 2.38. The third kappa shape index (κ3) is 3.39. The Morgan fingerprint density at radius 3 is 2.62 bits per heavy atom. The zero-order valence-electron chi connectivity index (χ0n) is 10.6. The Hall–Kier alpha value is -0.220. The standard InChI is InChI=1S/C12H24F2N2/c1-4-6-10-7-16(8-11(13)14)12(3,5-2)9-15-10/h10-11,15H,4-9H2,1-3H3. The average molecular weight is 234 g/mol. The van der Waals surface area contributed by atoms with E-state index in [1.807, 2.05) is 4.90 Å². The molecule has 1 aliphatic heterocycles. The van der Waals surface area contributed by atoms with Crippen molar-refractivity contribution in [3.05, 3.63) is 0 Å². The highest BCUT2D eigenvalue weighted by Crippen LogP contribution is 2.24. The Morgan fingerprint density at radius 1 is 1.44 bits per heavy atom. The minimum Gasteiger partial charge on any atom is -0.311 e. The van der Waals surface area contributed by atoms with Crippen molar-refractivity contribution in [3.8, 4) is 0 Å². The molecule has 0 aromatic heterocycles. The van der Waals surface area contributed by atoms with Crippen LogP contribution in [0, 0.1) is 0 Å². The molecule has 4 heteroatoms. The predicted octanol–water partition coefficient (Wildman–Crippen LogP) is 2.49. The smallest absolute Gasteiger partial charge is 0.251 e. The summed E-state index contributed by atoms with van der Waals surface area (Å²) >= 11 is 0. The molecule has 0 radical (unpaired) electrons. The summed E-state index contributed by atoms with van der Waals surface area (Å²) in [6, 6.07) is 0.378. The summed E-state index contributed by atoms with van der Waals surface area (Å²) in [5.41, 5.74) is -0.110. The van der Waals surface area contributed by atoms with Crippen LogP contribution in [0.4, 0.5) is 8.78 Å². The monoisotopic (exact) mass is 234 g/mol. The second-order valence-corrected chi connectivity index (χ2v) is 5.01. The summed E-state index contributed by atoms with van der Waals surface area (Å²) in [6.07, 6.45) is 0.847. The number of rotatable bonds is 5. The first kappa shape index (κ1) is 13.8. The quantitative estimate of drug-likeness (QED) is 0.786. The lowest BCUT2D eigenvalue weighted by Crippen LogP contribution is -2.63. The van der Waals surface area contributed by atoms with E-state index < -0.39 is 6.43 Å². The van der Waals surface area contributed by atoms with Gasteiger partial charge in [0.05, 0.1) is 6.54 Å². The van der Waals surface area contributed by atoms with Crippen LogP contribution in [0.5, 0.6) is 0 Å². The van der Waals surface area contributed by atoms with Crippen LogP contribution in [-0.4, -0.2) is 42.5 Å². The number of alkyl halides is 2.